The smallest absolute Gasteiger partial charge is 0.111 e. The topological polar surface area (TPSA) is 41.6 Å². The molecule has 0 spiro atoms. The van der Waals surface area contributed by atoms with Crippen LogP contribution < -0.4 is 0 Å². The molecule has 21 heavy (non-hydrogen) atoms. The van der Waals surface area contributed by atoms with Crippen molar-refractivity contribution in [2.24, 2.45) is 0 Å². The van der Waals surface area contributed by atoms with E-state index in [9.17, 15) is 0 Å². The van der Waals surface area contributed by atoms with Gasteiger partial charge in [-0.05, 0) is 42.8 Å². The molecule has 0 fully saturated rings. The molecule has 3 nitrogen and oxygen atoms in total. The van der Waals surface area contributed by atoms with Crippen LogP contribution in [0.3, 0.4) is 0 Å². The number of hydrogen-bond acceptors (Lipinski definition) is 2. The van der Waals surface area contributed by atoms with E-state index in [1.807, 2.05) is 31.2 Å². The van der Waals surface area contributed by atoms with Crippen LogP contribution in [-0.4, -0.2) is 15.0 Å². The van der Waals surface area contributed by atoms with Gasteiger partial charge in [0.2, 0.25) is 0 Å². The fourth-order valence-electron chi connectivity index (χ4n) is 2.24. The maximum absolute atomic E-state index is 6.26. The number of aromatic nitrogens is 3. The van der Waals surface area contributed by atoms with Gasteiger partial charge in [-0.3, -0.25) is 4.98 Å². The van der Waals surface area contributed by atoms with Gasteiger partial charge < -0.3 is 4.98 Å². The van der Waals surface area contributed by atoms with E-state index >= 15 is 0 Å². The normalized spacial score (nSPS) is 10.8. The van der Waals surface area contributed by atoms with E-state index in [4.69, 9.17) is 23.2 Å². The Bertz CT molecular complexity index is 766. The van der Waals surface area contributed by atoms with Gasteiger partial charge in [0, 0.05) is 35.1 Å². The highest BCUT2D eigenvalue weighted by atomic mass is 35.5. The van der Waals surface area contributed by atoms with Gasteiger partial charge in [-0.15, -0.1) is 0 Å². The van der Waals surface area contributed by atoms with E-state index in [0.717, 1.165) is 34.8 Å². The van der Waals surface area contributed by atoms with Crippen LogP contribution in [0, 0.1) is 6.92 Å². The number of nitrogens with one attached hydrogen (secondary N) is 1. The monoisotopic (exact) mass is 317 g/mol. The zero-order valence-corrected chi connectivity index (χ0v) is 12.9. The number of rotatable bonds is 3. The van der Waals surface area contributed by atoms with Crippen LogP contribution in [0.4, 0.5) is 0 Å². The number of imidazole rings is 1. The molecule has 2 aromatic heterocycles. The summed E-state index contributed by atoms with van der Waals surface area (Å²) in [6, 6.07) is 9.40. The molecule has 0 saturated heterocycles. The predicted octanol–water partition coefficient (Wildman–Crippen LogP) is 4.68. The van der Waals surface area contributed by atoms with Crippen LogP contribution >= 0.6 is 23.2 Å². The van der Waals surface area contributed by atoms with Gasteiger partial charge >= 0.3 is 0 Å². The number of halogens is 2. The van der Waals surface area contributed by atoms with Gasteiger partial charge in [-0.1, -0.05) is 23.2 Å². The molecule has 0 bridgehead atoms. The zero-order valence-electron chi connectivity index (χ0n) is 11.4. The molecule has 0 atom stereocenters. The van der Waals surface area contributed by atoms with E-state index in [1.54, 1.807) is 18.5 Å². The molecule has 0 aliphatic rings. The first kappa shape index (κ1) is 14.1. The third kappa shape index (κ3) is 3.09. The number of pyridine rings is 1. The number of nitrogens with zero attached hydrogens (tertiary/aromatic N) is 2. The summed E-state index contributed by atoms with van der Waals surface area (Å²) in [6.45, 7) is 1.99. The molecule has 1 aromatic carbocycles. The molecule has 106 valence electrons. The minimum Gasteiger partial charge on any atom is -0.345 e. The van der Waals surface area contributed by atoms with Crippen molar-refractivity contribution in [3.63, 3.8) is 0 Å². The highest BCUT2D eigenvalue weighted by Crippen LogP contribution is 2.31. The van der Waals surface area contributed by atoms with Crippen LogP contribution in [0.25, 0.3) is 11.3 Å². The number of aromatic amines is 1. The lowest BCUT2D eigenvalue weighted by atomic mass is 10.1. The maximum atomic E-state index is 6.26. The van der Waals surface area contributed by atoms with Crippen molar-refractivity contribution in [3.05, 3.63) is 69.9 Å². The number of benzene rings is 1. The van der Waals surface area contributed by atoms with Gasteiger partial charge in [0.25, 0.3) is 0 Å². The Hall–Kier alpha value is -1.84. The largest absolute Gasteiger partial charge is 0.345 e. The first-order chi connectivity index (χ1) is 10.1. The maximum Gasteiger partial charge on any atom is 0.111 e. The average molecular weight is 318 g/mol. The fraction of sp³-hybridized carbons (Fsp3) is 0.125. The summed E-state index contributed by atoms with van der Waals surface area (Å²) in [5.74, 6) is 0.903. The second-order valence-corrected chi connectivity index (χ2v) is 5.66. The fourth-order valence-corrected chi connectivity index (χ4v) is 2.74. The summed E-state index contributed by atoms with van der Waals surface area (Å²) >= 11 is 12.2. The third-order valence-electron chi connectivity index (χ3n) is 3.24. The van der Waals surface area contributed by atoms with E-state index in [2.05, 4.69) is 15.0 Å². The van der Waals surface area contributed by atoms with Gasteiger partial charge in [0.15, 0.2) is 0 Å². The molecule has 2 heterocycles. The first-order valence-electron chi connectivity index (χ1n) is 6.53. The van der Waals surface area contributed by atoms with E-state index < -0.39 is 0 Å². The number of H-pyrrole nitrogens is 1. The lowest BCUT2D eigenvalue weighted by Gasteiger charge is -2.02. The lowest BCUT2D eigenvalue weighted by Crippen LogP contribution is -1.91. The molecule has 0 unspecified atom stereocenters. The molecule has 3 rings (SSSR count). The van der Waals surface area contributed by atoms with Gasteiger partial charge in [0.1, 0.15) is 5.82 Å². The number of hydrogen-bond donors (Lipinski definition) is 1. The summed E-state index contributed by atoms with van der Waals surface area (Å²) < 4.78 is 0. The van der Waals surface area contributed by atoms with Crippen molar-refractivity contribution in [2.45, 2.75) is 13.3 Å². The molecule has 0 amide bonds. The van der Waals surface area contributed by atoms with Crippen molar-refractivity contribution in [1.29, 1.82) is 0 Å². The number of aryl methyl sites for hydroxylation is 1. The molecule has 0 radical (unpaired) electrons. The second-order valence-electron chi connectivity index (χ2n) is 4.81. The Balaban J connectivity index is 1.94. The molecule has 5 heteroatoms. The third-order valence-corrected chi connectivity index (χ3v) is 3.79. The van der Waals surface area contributed by atoms with Gasteiger partial charge in [-0.25, -0.2) is 4.98 Å². The second kappa shape index (κ2) is 5.88. The summed E-state index contributed by atoms with van der Waals surface area (Å²) in [5.41, 5.74) is 3.90. The van der Waals surface area contributed by atoms with Crippen LogP contribution in [0.5, 0.6) is 0 Å². The van der Waals surface area contributed by atoms with Crippen LogP contribution in [0.15, 0.2) is 42.7 Å². The van der Waals surface area contributed by atoms with E-state index in [0.29, 0.717) is 10.0 Å². The summed E-state index contributed by atoms with van der Waals surface area (Å²) in [4.78, 5) is 12.0. The van der Waals surface area contributed by atoms with Gasteiger partial charge in [0.05, 0.1) is 10.7 Å². The van der Waals surface area contributed by atoms with Crippen molar-refractivity contribution >= 4 is 23.2 Å². The predicted molar refractivity (Wildman–Crippen MR) is 85.8 cm³/mol. The van der Waals surface area contributed by atoms with Crippen LogP contribution in [0.2, 0.25) is 10.0 Å². The molecule has 1 N–H and O–H groups in total. The summed E-state index contributed by atoms with van der Waals surface area (Å²) in [7, 11) is 0. The highest BCUT2D eigenvalue weighted by Gasteiger charge is 2.12. The van der Waals surface area contributed by atoms with Gasteiger partial charge in [-0.2, -0.15) is 0 Å². The van der Waals surface area contributed by atoms with E-state index in [-0.39, 0.29) is 0 Å². The highest BCUT2D eigenvalue weighted by molar-refractivity contribution is 6.36. The molecule has 0 saturated carbocycles. The summed E-state index contributed by atoms with van der Waals surface area (Å²) in [5, 5.41) is 1.22. The van der Waals surface area contributed by atoms with Crippen molar-refractivity contribution in [1.82, 2.24) is 15.0 Å². The van der Waals surface area contributed by atoms with Crippen molar-refractivity contribution in [3.8, 4) is 11.3 Å². The minimum absolute atomic E-state index is 0.604. The van der Waals surface area contributed by atoms with Crippen molar-refractivity contribution in [2.75, 3.05) is 0 Å². The molecule has 0 aliphatic heterocycles. The Kier molecular flexibility index (Phi) is 3.95. The molecular formula is C16H13Cl2N3. The zero-order chi connectivity index (χ0) is 14.8. The van der Waals surface area contributed by atoms with Crippen LogP contribution in [0.1, 0.15) is 17.1 Å². The summed E-state index contributed by atoms with van der Waals surface area (Å²) in [6.07, 6.45) is 4.29. The Morgan fingerprint density at radius 1 is 1.10 bits per heavy atom. The molecule has 3 aromatic rings. The first-order valence-corrected chi connectivity index (χ1v) is 7.29. The SMILES string of the molecule is Cc1[nH]c(Cc2ccncc2)nc1-c1ccc(Cl)cc1Cl. The van der Waals surface area contributed by atoms with Crippen molar-refractivity contribution < 1.29 is 0 Å². The van der Waals surface area contributed by atoms with Crippen LogP contribution in [-0.2, 0) is 6.42 Å². The Morgan fingerprint density at radius 2 is 1.86 bits per heavy atom. The average Bonchev–Trinajstić information content (AvgIpc) is 2.80. The standard InChI is InChI=1S/C16H13Cl2N3/c1-10-16(13-3-2-12(17)9-14(13)18)21-15(20-10)8-11-4-6-19-7-5-11/h2-7,9H,8H2,1H3,(H,20,21). The Morgan fingerprint density at radius 3 is 2.57 bits per heavy atom. The van der Waals surface area contributed by atoms with E-state index in [1.165, 1.54) is 0 Å². The molecule has 0 aliphatic carbocycles. The quantitative estimate of drug-likeness (QED) is 0.762. The minimum atomic E-state index is 0.604. The molecular weight excluding hydrogens is 305 g/mol. The Labute approximate surface area is 133 Å². The lowest BCUT2D eigenvalue weighted by molar-refractivity contribution is 1.01.